The van der Waals surface area contributed by atoms with Crippen molar-refractivity contribution in [3.8, 4) is 6.07 Å². The largest absolute Gasteiger partial charge is 0.444 e. The second-order valence-corrected chi connectivity index (χ2v) is 6.95. The summed E-state index contributed by atoms with van der Waals surface area (Å²) < 4.78 is 10.4. The first kappa shape index (κ1) is 16.1. The van der Waals surface area contributed by atoms with Crippen molar-refractivity contribution in [1.82, 2.24) is 10.2 Å². The Labute approximate surface area is 126 Å². The zero-order valence-electron chi connectivity index (χ0n) is 13.1. The van der Waals surface area contributed by atoms with E-state index in [0.29, 0.717) is 25.7 Å². The molecule has 2 rings (SSSR count). The summed E-state index contributed by atoms with van der Waals surface area (Å²) in [5, 5.41) is 12.1. The number of nitrogens with one attached hydrogen (secondary N) is 1. The number of carbonyl (C=O) groups is 1. The van der Waals surface area contributed by atoms with Gasteiger partial charge in [-0.1, -0.05) is 0 Å². The van der Waals surface area contributed by atoms with Crippen LogP contribution in [0.4, 0.5) is 4.79 Å². The van der Waals surface area contributed by atoms with Gasteiger partial charge in [-0.3, -0.25) is 4.90 Å². The normalized spacial score (nSPS) is 23.0. The maximum atomic E-state index is 11.6. The van der Waals surface area contributed by atoms with Gasteiger partial charge in [-0.15, -0.1) is 0 Å². The number of carbonyl (C=O) groups excluding carboxylic acids is 1. The minimum absolute atomic E-state index is 0.356. The van der Waals surface area contributed by atoms with Gasteiger partial charge in [0.25, 0.3) is 0 Å². The summed E-state index contributed by atoms with van der Waals surface area (Å²) in [5.41, 5.74) is -0.861. The minimum Gasteiger partial charge on any atom is -0.444 e. The zero-order valence-corrected chi connectivity index (χ0v) is 13.1. The maximum Gasteiger partial charge on any atom is 0.407 e. The summed E-state index contributed by atoms with van der Waals surface area (Å²) in [6, 6.07) is 2.39. The van der Waals surface area contributed by atoms with Crippen molar-refractivity contribution in [3.05, 3.63) is 0 Å². The lowest BCUT2D eigenvalue weighted by Gasteiger charge is -2.47. The number of amides is 1. The summed E-state index contributed by atoms with van der Waals surface area (Å²) in [4.78, 5) is 13.8. The number of piperidine rings is 1. The summed E-state index contributed by atoms with van der Waals surface area (Å²) in [7, 11) is 0. The third-order valence-corrected chi connectivity index (χ3v) is 4.04. The Morgan fingerprint density at radius 2 is 2.05 bits per heavy atom. The number of rotatable bonds is 3. The lowest BCUT2D eigenvalue weighted by molar-refractivity contribution is -0.116. The fourth-order valence-electron chi connectivity index (χ4n) is 2.72. The van der Waals surface area contributed by atoms with E-state index in [2.05, 4.69) is 16.3 Å². The molecule has 1 N–H and O–H groups in total. The molecule has 0 aromatic heterocycles. The Kier molecular flexibility index (Phi) is 4.74. The second-order valence-electron chi connectivity index (χ2n) is 6.95. The molecule has 21 heavy (non-hydrogen) atoms. The fourth-order valence-corrected chi connectivity index (χ4v) is 2.72. The molecule has 1 amide bonds. The van der Waals surface area contributed by atoms with Crippen LogP contribution in [0.15, 0.2) is 0 Å². The van der Waals surface area contributed by atoms with Crippen molar-refractivity contribution >= 4 is 6.09 Å². The van der Waals surface area contributed by atoms with Gasteiger partial charge in [0.2, 0.25) is 0 Å². The first-order chi connectivity index (χ1) is 9.85. The van der Waals surface area contributed by atoms with E-state index < -0.39 is 11.1 Å². The average molecular weight is 295 g/mol. The lowest BCUT2D eigenvalue weighted by Crippen LogP contribution is -2.63. The maximum absolute atomic E-state index is 11.6. The van der Waals surface area contributed by atoms with E-state index in [-0.39, 0.29) is 6.09 Å². The summed E-state index contributed by atoms with van der Waals surface area (Å²) >= 11 is 0. The van der Waals surface area contributed by atoms with E-state index in [1.807, 2.05) is 20.8 Å². The molecule has 0 unspecified atom stereocenters. The highest BCUT2D eigenvalue weighted by Crippen LogP contribution is 2.29. The van der Waals surface area contributed by atoms with Gasteiger partial charge < -0.3 is 14.8 Å². The summed E-state index contributed by atoms with van der Waals surface area (Å²) in [5.74, 6) is 0.450. The van der Waals surface area contributed by atoms with Crippen LogP contribution in [0.25, 0.3) is 0 Å². The standard InChI is InChI=1S/C15H25N3O3/c1-14(2,3)21-13(19)17-8-12-4-6-18(7-5-12)15(9-16)10-20-11-15/h12H,4-8,10-11H2,1-3H3,(H,17,19). The third-order valence-electron chi connectivity index (χ3n) is 4.04. The number of nitrogens with zero attached hydrogens (tertiary/aromatic N) is 2. The minimum atomic E-state index is -0.461. The SMILES string of the molecule is CC(C)(C)OC(=O)NCC1CCN(C2(C#N)COC2)CC1. The molecule has 0 aromatic rings. The molecule has 0 atom stereocenters. The van der Waals surface area contributed by atoms with E-state index in [0.717, 1.165) is 25.9 Å². The van der Waals surface area contributed by atoms with Gasteiger partial charge in [-0.2, -0.15) is 5.26 Å². The number of nitriles is 1. The molecule has 0 radical (unpaired) electrons. The van der Waals surface area contributed by atoms with E-state index in [1.54, 1.807) is 0 Å². The van der Waals surface area contributed by atoms with Crippen molar-refractivity contribution in [3.63, 3.8) is 0 Å². The fraction of sp³-hybridized carbons (Fsp3) is 0.867. The number of ether oxygens (including phenoxy) is 2. The number of hydrogen-bond donors (Lipinski definition) is 1. The van der Waals surface area contributed by atoms with Crippen LogP contribution in [-0.4, -0.2) is 55.0 Å². The van der Waals surface area contributed by atoms with Gasteiger partial charge in [-0.25, -0.2) is 4.79 Å². The van der Waals surface area contributed by atoms with Crippen LogP contribution in [0.2, 0.25) is 0 Å². The van der Waals surface area contributed by atoms with Crippen molar-refractivity contribution in [2.45, 2.75) is 44.8 Å². The van der Waals surface area contributed by atoms with Crippen LogP contribution in [-0.2, 0) is 9.47 Å². The van der Waals surface area contributed by atoms with Gasteiger partial charge in [0, 0.05) is 19.6 Å². The highest BCUT2D eigenvalue weighted by molar-refractivity contribution is 5.67. The average Bonchev–Trinajstić information content (AvgIpc) is 2.35. The molecule has 6 nitrogen and oxygen atoms in total. The molecular weight excluding hydrogens is 270 g/mol. The molecule has 0 spiro atoms. The Balaban J connectivity index is 1.70. The van der Waals surface area contributed by atoms with Crippen LogP contribution in [0.1, 0.15) is 33.6 Å². The van der Waals surface area contributed by atoms with Crippen LogP contribution in [0, 0.1) is 17.2 Å². The van der Waals surface area contributed by atoms with E-state index >= 15 is 0 Å². The molecule has 2 aliphatic rings. The molecule has 0 aromatic carbocycles. The van der Waals surface area contributed by atoms with Crippen LogP contribution < -0.4 is 5.32 Å². The Morgan fingerprint density at radius 1 is 1.43 bits per heavy atom. The van der Waals surface area contributed by atoms with Crippen LogP contribution in [0.5, 0.6) is 0 Å². The van der Waals surface area contributed by atoms with Crippen molar-refractivity contribution < 1.29 is 14.3 Å². The molecule has 118 valence electrons. The van der Waals surface area contributed by atoms with Gasteiger partial charge in [-0.05, 0) is 39.5 Å². The van der Waals surface area contributed by atoms with Gasteiger partial charge in [0.15, 0.2) is 5.54 Å². The van der Waals surface area contributed by atoms with E-state index in [4.69, 9.17) is 9.47 Å². The quantitative estimate of drug-likeness (QED) is 0.854. The molecule has 2 fully saturated rings. The molecule has 0 aliphatic carbocycles. The molecule has 6 heteroatoms. The molecular formula is C15H25N3O3. The highest BCUT2D eigenvalue weighted by atomic mass is 16.6. The molecule has 0 bridgehead atoms. The number of alkyl carbamates (subject to hydrolysis) is 1. The first-order valence-electron chi connectivity index (χ1n) is 7.55. The van der Waals surface area contributed by atoms with Crippen molar-refractivity contribution in [1.29, 1.82) is 5.26 Å². The van der Waals surface area contributed by atoms with Crippen molar-refractivity contribution in [2.24, 2.45) is 5.92 Å². The topological polar surface area (TPSA) is 74.6 Å². The predicted octanol–water partition coefficient (Wildman–Crippen LogP) is 1.52. The Morgan fingerprint density at radius 3 is 2.48 bits per heavy atom. The first-order valence-corrected chi connectivity index (χ1v) is 7.55. The molecule has 2 aliphatic heterocycles. The van der Waals surface area contributed by atoms with Gasteiger partial charge in [0.05, 0.1) is 19.3 Å². The zero-order chi connectivity index (χ0) is 15.5. The molecule has 2 heterocycles. The Bertz CT molecular complexity index is 413. The monoisotopic (exact) mass is 295 g/mol. The van der Waals surface area contributed by atoms with Crippen molar-refractivity contribution in [2.75, 3.05) is 32.8 Å². The van der Waals surface area contributed by atoms with E-state index in [1.165, 1.54) is 0 Å². The van der Waals surface area contributed by atoms with E-state index in [9.17, 15) is 10.1 Å². The number of likely N-dealkylation sites (tertiary alicyclic amines) is 1. The summed E-state index contributed by atoms with van der Waals surface area (Å²) in [6.45, 7) is 9.01. The molecule has 0 saturated carbocycles. The van der Waals surface area contributed by atoms with Gasteiger partial charge >= 0.3 is 6.09 Å². The van der Waals surface area contributed by atoms with Gasteiger partial charge in [0.1, 0.15) is 5.60 Å². The van der Waals surface area contributed by atoms with Crippen LogP contribution in [0.3, 0.4) is 0 Å². The Hall–Kier alpha value is -1.32. The smallest absolute Gasteiger partial charge is 0.407 e. The number of hydrogen-bond acceptors (Lipinski definition) is 5. The predicted molar refractivity (Wildman–Crippen MR) is 77.7 cm³/mol. The second kappa shape index (κ2) is 6.20. The highest BCUT2D eigenvalue weighted by Gasteiger charge is 2.45. The van der Waals surface area contributed by atoms with Crippen LogP contribution >= 0.6 is 0 Å². The lowest BCUT2D eigenvalue weighted by atomic mass is 9.90. The third kappa shape index (κ3) is 4.08. The summed E-state index contributed by atoms with van der Waals surface area (Å²) in [6.07, 6.45) is 1.61. The molecule has 2 saturated heterocycles.